The van der Waals surface area contributed by atoms with Crippen molar-refractivity contribution >= 4 is 0 Å². The number of hydrogen-bond acceptors (Lipinski definition) is 2. The Hall–Kier alpha value is -2.58. The van der Waals surface area contributed by atoms with Crippen molar-refractivity contribution in [3.8, 4) is 23.3 Å². The van der Waals surface area contributed by atoms with Crippen LogP contribution in [0.1, 0.15) is 11.1 Å². The Labute approximate surface area is 94.0 Å². The number of rotatable bonds is 1. The smallest absolute Gasteiger partial charge is 0.0998 e. The van der Waals surface area contributed by atoms with Crippen molar-refractivity contribution in [2.75, 3.05) is 0 Å². The van der Waals surface area contributed by atoms with Gasteiger partial charge in [-0.1, -0.05) is 24.3 Å². The van der Waals surface area contributed by atoms with E-state index >= 15 is 0 Å². The predicted octanol–water partition coefficient (Wildman–Crippen LogP) is 2.90. The van der Waals surface area contributed by atoms with Crippen LogP contribution < -0.4 is 0 Å². The van der Waals surface area contributed by atoms with E-state index in [0.29, 0.717) is 11.1 Å². The number of nitrogens with zero attached hydrogens (tertiary/aromatic N) is 2. The van der Waals surface area contributed by atoms with E-state index in [0.717, 1.165) is 11.1 Å². The summed E-state index contributed by atoms with van der Waals surface area (Å²) >= 11 is 0. The topological polar surface area (TPSA) is 47.6 Å². The van der Waals surface area contributed by atoms with Gasteiger partial charge in [0.2, 0.25) is 0 Å². The summed E-state index contributed by atoms with van der Waals surface area (Å²) < 4.78 is 0. The van der Waals surface area contributed by atoms with Crippen molar-refractivity contribution in [3.63, 3.8) is 0 Å². The molecule has 2 rings (SSSR count). The van der Waals surface area contributed by atoms with Gasteiger partial charge in [0.1, 0.15) is 0 Å². The fraction of sp³-hybridized carbons (Fsp3) is 0. The molecule has 0 spiro atoms. The van der Waals surface area contributed by atoms with E-state index in [1.165, 1.54) is 0 Å². The molecule has 0 saturated heterocycles. The van der Waals surface area contributed by atoms with E-state index in [4.69, 9.17) is 10.5 Å². The van der Waals surface area contributed by atoms with Crippen molar-refractivity contribution in [3.05, 3.63) is 59.7 Å². The Morgan fingerprint density at radius 2 is 1.75 bits per heavy atom. The van der Waals surface area contributed by atoms with Crippen LogP contribution in [-0.4, -0.2) is 0 Å². The lowest BCUT2D eigenvalue weighted by atomic mass is 10.0. The van der Waals surface area contributed by atoms with Gasteiger partial charge in [-0.15, -0.1) is 0 Å². The third kappa shape index (κ3) is 1.92. The molecule has 2 aromatic carbocycles. The van der Waals surface area contributed by atoms with Gasteiger partial charge < -0.3 is 0 Å². The number of nitriles is 2. The van der Waals surface area contributed by atoms with Crippen LogP contribution in [0.25, 0.3) is 11.1 Å². The molecule has 0 N–H and O–H groups in total. The molecule has 0 amide bonds. The van der Waals surface area contributed by atoms with Gasteiger partial charge in [0, 0.05) is 6.07 Å². The molecule has 0 bridgehead atoms. The molecule has 16 heavy (non-hydrogen) atoms. The molecule has 0 aliphatic heterocycles. The molecule has 0 heterocycles. The Balaban J connectivity index is 2.51. The lowest BCUT2D eigenvalue weighted by Crippen LogP contribution is -1.81. The van der Waals surface area contributed by atoms with Crippen LogP contribution in [-0.2, 0) is 0 Å². The third-order valence-electron chi connectivity index (χ3n) is 2.25. The zero-order valence-electron chi connectivity index (χ0n) is 8.44. The van der Waals surface area contributed by atoms with Gasteiger partial charge in [-0.2, -0.15) is 10.5 Å². The molecule has 0 atom stereocenters. The first kappa shape index (κ1) is 9.96. The van der Waals surface area contributed by atoms with E-state index in [1.54, 1.807) is 24.3 Å². The summed E-state index contributed by atoms with van der Waals surface area (Å²) in [5.41, 5.74) is 2.97. The summed E-state index contributed by atoms with van der Waals surface area (Å²) in [5, 5.41) is 17.6. The average molecular weight is 203 g/mol. The second-order valence-corrected chi connectivity index (χ2v) is 3.30. The minimum Gasteiger partial charge on any atom is -0.192 e. The van der Waals surface area contributed by atoms with Gasteiger partial charge in [0.25, 0.3) is 0 Å². The molecule has 0 unspecified atom stereocenters. The fourth-order valence-electron chi connectivity index (χ4n) is 1.48. The first-order chi connectivity index (χ1) is 7.83. The first-order valence-electron chi connectivity index (χ1n) is 4.76. The summed E-state index contributed by atoms with van der Waals surface area (Å²) in [7, 11) is 0. The van der Waals surface area contributed by atoms with Gasteiger partial charge in [-0.3, -0.25) is 0 Å². The molecule has 0 saturated carbocycles. The molecule has 0 aliphatic carbocycles. The zero-order valence-corrected chi connectivity index (χ0v) is 8.44. The van der Waals surface area contributed by atoms with Crippen molar-refractivity contribution in [1.82, 2.24) is 0 Å². The SMILES string of the molecule is N#Cc1[c]ccc(-c2cccc(C#N)c2)c1. The maximum atomic E-state index is 8.80. The van der Waals surface area contributed by atoms with Crippen LogP contribution >= 0.6 is 0 Å². The summed E-state index contributed by atoms with van der Waals surface area (Å²) in [6.45, 7) is 0. The van der Waals surface area contributed by atoms with E-state index in [9.17, 15) is 0 Å². The molecule has 2 heteroatoms. The summed E-state index contributed by atoms with van der Waals surface area (Å²) in [5.74, 6) is 0. The van der Waals surface area contributed by atoms with E-state index in [2.05, 4.69) is 12.1 Å². The van der Waals surface area contributed by atoms with E-state index < -0.39 is 0 Å². The highest BCUT2D eigenvalue weighted by molar-refractivity contribution is 5.66. The van der Waals surface area contributed by atoms with Crippen LogP contribution in [0.2, 0.25) is 0 Å². The fourth-order valence-corrected chi connectivity index (χ4v) is 1.48. The highest BCUT2D eigenvalue weighted by Gasteiger charge is 2.00. The predicted molar refractivity (Wildman–Crippen MR) is 60.1 cm³/mol. The van der Waals surface area contributed by atoms with Crippen molar-refractivity contribution < 1.29 is 0 Å². The minimum atomic E-state index is 0.500. The van der Waals surface area contributed by atoms with Crippen molar-refractivity contribution in [2.45, 2.75) is 0 Å². The number of hydrogen-bond donors (Lipinski definition) is 0. The molecular weight excluding hydrogens is 196 g/mol. The van der Waals surface area contributed by atoms with Gasteiger partial charge in [-0.25, -0.2) is 0 Å². The monoisotopic (exact) mass is 203 g/mol. The van der Waals surface area contributed by atoms with Crippen molar-refractivity contribution in [2.24, 2.45) is 0 Å². The van der Waals surface area contributed by atoms with Crippen LogP contribution in [0.5, 0.6) is 0 Å². The number of benzene rings is 2. The Morgan fingerprint density at radius 1 is 0.938 bits per heavy atom. The Kier molecular flexibility index (Phi) is 2.67. The van der Waals surface area contributed by atoms with Crippen LogP contribution in [0, 0.1) is 28.7 Å². The molecule has 0 fully saturated rings. The standard InChI is InChI=1S/C14H7N2/c15-9-11-3-1-5-13(7-11)14-6-2-4-12(8-14)10-16/h1-3,5-8H. The maximum Gasteiger partial charge on any atom is 0.0998 e. The maximum absolute atomic E-state index is 8.80. The summed E-state index contributed by atoms with van der Waals surface area (Å²) in [6, 6.07) is 19.6. The summed E-state index contributed by atoms with van der Waals surface area (Å²) in [4.78, 5) is 0. The molecule has 2 nitrogen and oxygen atoms in total. The lowest BCUT2D eigenvalue weighted by Gasteiger charge is -2.01. The van der Waals surface area contributed by atoms with Crippen LogP contribution in [0.4, 0.5) is 0 Å². The third-order valence-corrected chi connectivity index (χ3v) is 2.25. The van der Waals surface area contributed by atoms with Gasteiger partial charge in [0.05, 0.1) is 23.3 Å². The van der Waals surface area contributed by atoms with Crippen LogP contribution in [0.3, 0.4) is 0 Å². The van der Waals surface area contributed by atoms with Gasteiger partial charge in [-0.05, 0) is 29.3 Å². The Morgan fingerprint density at radius 3 is 2.50 bits per heavy atom. The van der Waals surface area contributed by atoms with E-state index in [1.807, 2.05) is 24.3 Å². The van der Waals surface area contributed by atoms with Crippen LogP contribution in [0.15, 0.2) is 42.5 Å². The molecule has 1 radical (unpaired) electrons. The molecule has 0 aliphatic rings. The molecular formula is C14H7N2. The molecule has 73 valence electrons. The van der Waals surface area contributed by atoms with Gasteiger partial charge in [0.15, 0.2) is 0 Å². The normalized spacial score (nSPS) is 9.12. The highest BCUT2D eigenvalue weighted by atomic mass is 14.2. The minimum absolute atomic E-state index is 0.500. The lowest BCUT2D eigenvalue weighted by molar-refractivity contribution is 1.46. The van der Waals surface area contributed by atoms with E-state index in [-0.39, 0.29) is 0 Å². The second-order valence-electron chi connectivity index (χ2n) is 3.30. The first-order valence-corrected chi connectivity index (χ1v) is 4.76. The second kappa shape index (κ2) is 4.29. The largest absolute Gasteiger partial charge is 0.192 e. The highest BCUT2D eigenvalue weighted by Crippen LogP contribution is 2.20. The van der Waals surface area contributed by atoms with Gasteiger partial charge >= 0.3 is 0 Å². The van der Waals surface area contributed by atoms with Crippen molar-refractivity contribution in [1.29, 1.82) is 10.5 Å². The Bertz CT molecular complexity index is 545. The quantitative estimate of drug-likeness (QED) is 0.715. The summed E-state index contributed by atoms with van der Waals surface area (Å²) in [6.07, 6.45) is 0. The molecule has 2 aromatic rings. The molecule has 0 aromatic heterocycles. The zero-order chi connectivity index (χ0) is 11.4. The average Bonchev–Trinajstić information content (AvgIpc) is 2.39.